The summed E-state index contributed by atoms with van der Waals surface area (Å²) < 4.78 is 27.3. The van der Waals surface area contributed by atoms with Gasteiger partial charge in [0.1, 0.15) is 0 Å². The quantitative estimate of drug-likeness (QED) is 0.634. The van der Waals surface area contributed by atoms with Gasteiger partial charge >= 0.3 is 0 Å². The molecule has 24 heavy (non-hydrogen) atoms. The van der Waals surface area contributed by atoms with Crippen molar-refractivity contribution in [1.82, 2.24) is 10.0 Å². The second-order valence-corrected chi connectivity index (χ2v) is 7.40. The van der Waals surface area contributed by atoms with Crippen LogP contribution in [0.4, 0.5) is 5.69 Å². The first kappa shape index (κ1) is 16.6. The number of nitrogens with one attached hydrogen (secondary N) is 2. The molecule has 1 atom stereocenters. The highest BCUT2D eigenvalue weighted by Crippen LogP contribution is 2.24. The van der Waals surface area contributed by atoms with Gasteiger partial charge in [0.25, 0.3) is 5.69 Å². The Kier molecular flexibility index (Phi) is 4.61. The van der Waals surface area contributed by atoms with Crippen LogP contribution in [0.5, 0.6) is 0 Å². The fraction of sp³-hybridized carbons (Fsp3) is 0.250. The zero-order valence-corrected chi connectivity index (χ0v) is 13.6. The maximum Gasteiger partial charge on any atom is 0.269 e. The van der Waals surface area contributed by atoms with E-state index in [-0.39, 0.29) is 23.0 Å². The molecule has 0 spiro atoms. The summed E-state index contributed by atoms with van der Waals surface area (Å²) in [4.78, 5) is 10.1. The first-order chi connectivity index (χ1) is 11.5. The molecule has 0 bridgehead atoms. The molecule has 126 valence electrons. The predicted octanol–water partition coefficient (Wildman–Crippen LogP) is 1.76. The molecule has 8 heteroatoms. The highest BCUT2D eigenvalue weighted by atomic mass is 32.2. The van der Waals surface area contributed by atoms with E-state index in [1.165, 1.54) is 29.8 Å². The summed E-state index contributed by atoms with van der Waals surface area (Å²) in [6.45, 7) is 1.74. The van der Waals surface area contributed by atoms with Crippen molar-refractivity contribution in [2.24, 2.45) is 0 Å². The van der Waals surface area contributed by atoms with E-state index in [1.54, 1.807) is 0 Å². The van der Waals surface area contributed by atoms with Crippen molar-refractivity contribution in [3.8, 4) is 0 Å². The van der Waals surface area contributed by atoms with Gasteiger partial charge in [0, 0.05) is 37.7 Å². The fourth-order valence-corrected chi connectivity index (χ4v) is 3.89. The number of hydrogen-bond acceptors (Lipinski definition) is 5. The third-order valence-corrected chi connectivity index (χ3v) is 5.52. The van der Waals surface area contributed by atoms with Crippen molar-refractivity contribution in [3.05, 3.63) is 69.8 Å². The molecule has 0 fully saturated rings. The lowest BCUT2D eigenvalue weighted by Crippen LogP contribution is -2.36. The third-order valence-electron chi connectivity index (χ3n) is 4.08. The van der Waals surface area contributed by atoms with Crippen molar-refractivity contribution in [2.45, 2.75) is 17.4 Å². The molecule has 0 radical (unpaired) electrons. The number of nitro benzene ring substituents is 1. The van der Waals surface area contributed by atoms with E-state index < -0.39 is 14.9 Å². The molecule has 0 saturated carbocycles. The summed E-state index contributed by atoms with van der Waals surface area (Å²) in [6.07, 6.45) is 0. The van der Waals surface area contributed by atoms with Crippen LogP contribution in [0.2, 0.25) is 0 Å². The molecular weight excluding hydrogens is 330 g/mol. The zero-order chi connectivity index (χ0) is 17.2. The van der Waals surface area contributed by atoms with Gasteiger partial charge in [-0.15, -0.1) is 0 Å². The molecule has 1 aliphatic rings. The molecule has 0 aliphatic carbocycles. The number of hydrogen-bond donors (Lipinski definition) is 2. The summed E-state index contributed by atoms with van der Waals surface area (Å²) in [6, 6.07) is 12.8. The largest absolute Gasteiger partial charge is 0.312 e. The predicted molar refractivity (Wildman–Crippen MR) is 89.2 cm³/mol. The first-order valence-corrected chi connectivity index (χ1v) is 8.98. The number of non-ortho nitro benzene ring substituents is 1. The average molecular weight is 347 g/mol. The summed E-state index contributed by atoms with van der Waals surface area (Å²) in [5.74, 6) is 0.0442. The lowest BCUT2D eigenvalue weighted by molar-refractivity contribution is -0.384. The second-order valence-electron chi connectivity index (χ2n) is 5.63. The number of nitro groups is 1. The standard InChI is InChI=1S/C16H17N3O4S/c20-19(21)14-5-7-15(8-6-14)24(22,23)18-11-13-10-17-9-12-3-1-2-4-16(12)13/h1-8,13,17-18H,9-11H2. The molecule has 7 nitrogen and oxygen atoms in total. The first-order valence-electron chi connectivity index (χ1n) is 7.50. The van der Waals surface area contributed by atoms with Crippen molar-refractivity contribution >= 4 is 15.7 Å². The van der Waals surface area contributed by atoms with E-state index in [9.17, 15) is 18.5 Å². The number of rotatable bonds is 5. The maximum absolute atomic E-state index is 12.4. The Morgan fingerprint density at radius 2 is 1.88 bits per heavy atom. The summed E-state index contributed by atoms with van der Waals surface area (Å²) in [7, 11) is -3.71. The zero-order valence-electron chi connectivity index (χ0n) is 12.8. The number of fused-ring (bicyclic) bond motifs is 1. The van der Waals surface area contributed by atoms with Crippen LogP contribution >= 0.6 is 0 Å². The minimum Gasteiger partial charge on any atom is -0.312 e. The molecular formula is C16H17N3O4S. The Hall–Kier alpha value is -2.29. The maximum atomic E-state index is 12.4. The van der Waals surface area contributed by atoms with Crippen LogP contribution in [-0.2, 0) is 16.6 Å². The minimum absolute atomic E-state index is 0.0187. The van der Waals surface area contributed by atoms with E-state index in [2.05, 4.69) is 10.0 Å². The van der Waals surface area contributed by atoms with Crippen LogP contribution in [0.15, 0.2) is 53.4 Å². The Balaban J connectivity index is 1.73. The second kappa shape index (κ2) is 6.68. The molecule has 0 amide bonds. The van der Waals surface area contributed by atoms with Crippen LogP contribution in [0.3, 0.4) is 0 Å². The molecule has 0 saturated heterocycles. The van der Waals surface area contributed by atoms with E-state index in [0.29, 0.717) is 6.54 Å². The van der Waals surface area contributed by atoms with Crippen LogP contribution < -0.4 is 10.0 Å². The van der Waals surface area contributed by atoms with Gasteiger partial charge in [0.15, 0.2) is 0 Å². The Labute approximate surface area is 139 Å². The van der Waals surface area contributed by atoms with Gasteiger partial charge in [0.2, 0.25) is 10.0 Å². The summed E-state index contributed by atoms with van der Waals surface area (Å²) in [5, 5.41) is 13.9. The van der Waals surface area contributed by atoms with E-state index >= 15 is 0 Å². The topological polar surface area (TPSA) is 101 Å². The van der Waals surface area contributed by atoms with Crippen molar-refractivity contribution in [3.63, 3.8) is 0 Å². The fourth-order valence-electron chi connectivity index (χ4n) is 2.81. The SMILES string of the molecule is O=[N+]([O-])c1ccc(S(=O)(=O)NCC2CNCc3ccccc32)cc1. The molecule has 0 aromatic heterocycles. The van der Waals surface area contributed by atoms with Gasteiger partial charge in [0.05, 0.1) is 9.82 Å². The van der Waals surface area contributed by atoms with Crippen LogP contribution in [0.1, 0.15) is 17.0 Å². The normalized spacial score (nSPS) is 17.2. The van der Waals surface area contributed by atoms with Gasteiger partial charge in [-0.3, -0.25) is 10.1 Å². The van der Waals surface area contributed by atoms with Gasteiger partial charge in [-0.05, 0) is 23.3 Å². The third kappa shape index (κ3) is 3.45. The molecule has 3 rings (SSSR count). The molecule has 1 aliphatic heterocycles. The van der Waals surface area contributed by atoms with Crippen molar-refractivity contribution in [1.29, 1.82) is 0 Å². The molecule has 2 N–H and O–H groups in total. The van der Waals surface area contributed by atoms with E-state index in [0.717, 1.165) is 12.1 Å². The van der Waals surface area contributed by atoms with Gasteiger partial charge in [-0.25, -0.2) is 13.1 Å². The van der Waals surface area contributed by atoms with E-state index in [4.69, 9.17) is 0 Å². The van der Waals surface area contributed by atoms with Crippen LogP contribution in [0.25, 0.3) is 0 Å². The molecule has 2 aromatic carbocycles. The molecule has 1 heterocycles. The summed E-state index contributed by atoms with van der Waals surface area (Å²) in [5.41, 5.74) is 2.17. The van der Waals surface area contributed by atoms with Gasteiger partial charge < -0.3 is 5.32 Å². The number of sulfonamides is 1. The highest BCUT2D eigenvalue weighted by molar-refractivity contribution is 7.89. The Morgan fingerprint density at radius 3 is 2.58 bits per heavy atom. The van der Waals surface area contributed by atoms with Crippen LogP contribution in [0, 0.1) is 10.1 Å². The monoisotopic (exact) mass is 347 g/mol. The molecule has 2 aromatic rings. The average Bonchev–Trinajstić information content (AvgIpc) is 2.60. The highest BCUT2D eigenvalue weighted by Gasteiger charge is 2.22. The smallest absolute Gasteiger partial charge is 0.269 e. The van der Waals surface area contributed by atoms with Crippen molar-refractivity contribution in [2.75, 3.05) is 13.1 Å². The lowest BCUT2D eigenvalue weighted by atomic mass is 9.91. The minimum atomic E-state index is -3.71. The summed E-state index contributed by atoms with van der Waals surface area (Å²) >= 11 is 0. The van der Waals surface area contributed by atoms with E-state index in [1.807, 2.05) is 24.3 Å². The Bertz CT molecular complexity index is 850. The lowest BCUT2D eigenvalue weighted by Gasteiger charge is -2.26. The van der Waals surface area contributed by atoms with Crippen molar-refractivity contribution < 1.29 is 13.3 Å². The van der Waals surface area contributed by atoms with Gasteiger partial charge in [-0.1, -0.05) is 24.3 Å². The van der Waals surface area contributed by atoms with Crippen LogP contribution in [-0.4, -0.2) is 26.4 Å². The van der Waals surface area contributed by atoms with Gasteiger partial charge in [-0.2, -0.15) is 0 Å². The molecule has 1 unspecified atom stereocenters. The Morgan fingerprint density at radius 1 is 1.17 bits per heavy atom. The number of benzene rings is 2. The number of nitrogens with zero attached hydrogens (tertiary/aromatic N) is 1.